The second-order valence-corrected chi connectivity index (χ2v) is 5.38. The first-order valence-corrected chi connectivity index (χ1v) is 6.68. The lowest BCUT2D eigenvalue weighted by Gasteiger charge is -2.38. The van der Waals surface area contributed by atoms with Crippen LogP contribution in [-0.2, 0) is 0 Å². The third-order valence-corrected chi connectivity index (χ3v) is 3.61. The fourth-order valence-corrected chi connectivity index (χ4v) is 2.44. The van der Waals surface area contributed by atoms with Crippen LogP contribution in [-0.4, -0.2) is 36.5 Å². The standard InChI is InChI=1S/C15H22N2O/c1-11(2)14-10-16-8-9-17(14)15(18)13-6-4-12(3)5-7-13/h4-7,11,14,16H,8-10H2,1-3H3. The zero-order valence-electron chi connectivity index (χ0n) is 11.4. The van der Waals surface area contributed by atoms with Gasteiger partial charge in [-0.3, -0.25) is 4.79 Å². The number of hydrogen-bond donors (Lipinski definition) is 1. The summed E-state index contributed by atoms with van der Waals surface area (Å²) < 4.78 is 0. The smallest absolute Gasteiger partial charge is 0.254 e. The predicted molar refractivity (Wildman–Crippen MR) is 73.7 cm³/mol. The molecule has 0 aromatic heterocycles. The van der Waals surface area contributed by atoms with E-state index in [-0.39, 0.29) is 5.91 Å². The predicted octanol–water partition coefficient (Wildman–Crippen LogP) is 2.07. The lowest BCUT2D eigenvalue weighted by atomic mass is 9.99. The maximum atomic E-state index is 12.5. The van der Waals surface area contributed by atoms with Crippen molar-refractivity contribution in [2.24, 2.45) is 5.92 Å². The first kappa shape index (κ1) is 13.1. The van der Waals surface area contributed by atoms with Crippen LogP contribution in [0.3, 0.4) is 0 Å². The molecule has 98 valence electrons. The van der Waals surface area contributed by atoms with Crippen molar-refractivity contribution in [3.05, 3.63) is 35.4 Å². The van der Waals surface area contributed by atoms with Crippen molar-refractivity contribution in [2.75, 3.05) is 19.6 Å². The molecule has 1 fully saturated rings. The fourth-order valence-electron chi connectivity index (χ4n) is 2.44. The molecule has 3 nitrogen and oxygen atoms in total. The van der Waals surface area contributed by atoms with Gasteiger partial charge in [-0.2, -0.15) is 0 Å². The summed E-state index contributed by atoms with van der Waals surface area (Å²) in [5, 5.41) is 3.37. The van der Waals surface area contributed by atoms with Crippen molar-refractivity contribution in [1.82, 2.24) is 10.2 Å². The Morgan fingerprint density at radius 1 is 1.33 bits per heavy atom. The number of benzene rings is 1. The van der Waals surface area contributed by atoms with Crippen LogP contribution in [0, 0.1) is 12.8 Å². The number of piperazine rings is 1. The Bertz CT molecular complexity index is 411. The largest absolute Gasteiger partial charge is 0.333 e. The van der Waals surface area contributed by atoms with E-state index < -0.39 is 0 Å². The Morgan fingerprint density at radius 3 is 2.61 bits per heavy atom. The zero-order valence-corrected chi connectivity index (χ0v) is 11.4. The van der Waals surface area contributed by atoms with Crippen LogP contribution in [0.2, 0.25) is 0 Å². The van der Waals surface area contributed by atoms with Crippen LogP contribution in [0.15, 0.2) is 24.3 Å². The Balaban J connectivity index is 2.18. The van der Waals surface area contributed by atoms with Gasteiger partial charge in [-0.1, -0.05) is 31.5 Å². The summed E-state index contributed by atoms with van der Waals surface area (Å²) in [5.74, 6) is 0.641. The minimum atomic E-state index is 0.162. The molecule has 1 aliphatic rings. The summed E-state index contributed by atoms with van der Waals surface area (Å²) in [5.41, 5.74) is 1.99. The molecule has 1 amide bonds. The number of nitrogens with one attached hydrogen (secondary N) is 1. The average Bonchev–Trinajstić information content (AvgIpc) is 2.39. The molecule has 0 bridgehead atoms. The van der Waals surface area contributed by atoms with E-state index in [9.17, 15) is 4.79 Å². The first-order valence-electron chi connectivity index (χ1n) is 6.68. The fraction of sp³-hybridized carbons (Fsp3) is 0.533. The number of rotatable bonds is 2. The Morgan fingerprint density at radius 2 is 2.00 bits per heavy atom. The highest BCUT2D eigenvalue weighted by molar-refractivity contribution is 5.94. The summed E-state index contributed by atoms with van der Waals surface area (Å²) in [4.78, 5) is 14.5. The van der Waals surface area contributed by atoms with Crippen molar-refractivity contribution in [3.8, 4) is 0 Å². The minimum absolute atomic E-state index is 0.162. The topological polar surface area (TPSA) is 32.3 Å². The molecule has 1 atom stereocenters. The van der Waals surface area contributed by atoms with Crippen LogP contribution < -0.4 is 5.32 Å². The van der Waals surface area contributed by atoms with Gasteiger partial charge in [-0.15, -0.1) is 0 Å². The quantitative estimate of drug-likeness (QED) is 0.866. The number of nitrogens with zero attached hydrogens (tertiary/aromatic N) is 1. The number of hydrogen-bond acceptors (Lipinski definition) is 2. The molecule has 1 aromatic rings. The Hall–Kier alpha value is -1.35. The van der Waals surface area contributed by atoms with E-state index in [4.69, 9.17) is 0 Å². The van der Waals surface area contributed by atoms with E-state index in [1.54, 1.807) is 0 Å². The van der Waals surface area contributed by atoms with E-state index in [0.29, 0.717) is 12.0 Å². The number of carbonyl (C=O) groups excluding carboxylic acids is 1. The second-order valence-electron chi connectivity index (χ2n) is 5.38. The highest BCUT2D eigenvalue weighted by Gasteiger charge is 2.29. The van der Waals surface area contributed by atoms with E-state index in [1.807, 2.05) is 36.1 Å². The molecule has 1 N–H and O–H groups in total. The average molecular weight is 246 g/mol. The normalized spacial score (nSPS) is 20.2. The molecule has 1 unspecified atom stereocenters. The number of amides is 1. The highest BCUT2D eigenvalue weighted by atomic mass is 16.2. The molecule has 1 heterocycles. The van der Waals surface area contributed by atoms with Crippen molar-refractivity contribution in [1.29, 1.82) is 0 Å². The summed E-state index contributed by atoms with van der Waals surface area (Å²) in [6.07, 6.45) is 0. The summed E-state index contributed by atoms with van der Waals surface area (Å²) in [6.45, 7) is 8.97. The van der Waals surface area contributed by atoms with Crippen molar-refractivity contribution < 1.29 is 4.79 Å². The summed E-state index contributed by atoms with van der Waals surface area (Å²) in [6, 6.07) is 8.15. The minimum Gasteiger partial charge on any atom is -0.333 e. The maximum absolute atomic E-state index is 12.5. The van der Waals surface area contributed by atoms with Gasteiger partial charge in [0.2, 0.25) is 0 Å². The monoisotopic (exact) mass is 246 g/mol. The molecule has 3 heteroatoms. The van der Waals surface area contributed by atoms with E-state index in [1.165, 1.54) is 5.56 Å². The Labute approximate surface area is 109 Å². The van der Waals surface area contributed by atoms with Crippen molar-refractivity contribution >= 4 is 5.91 Å². The molecule has 0 spiro atoms. The maximum Gasteiger partial charge on any atom is 0.254 e. The molecule has 2 rings (SSSR count). The van der Waals surface area contributed by atoms with Crippen molar-refractivity contribution in [2.45, 2.75) is 26.8 Å². The van der Waals surface area contributed by atoms with Gasteiger partial charge >= 0.3 is 0 Å². The van der Waals surface area contributed by atoms with Crippen LogP contribution in [0.4, 0.5) is 0 Å². The third-order valence-electron chi connectivity index (χ3n) is 3.61. The third kappa shape index (κ3) is 2.72. The van der Waals surface area contributed by atoms with E-state index in [2.05, 4.69) is 19.2 Å². The van der Waals surface area contributed by atoms with Gasteiger partial charge in [0.05, 0.1) is 0 Å². The molecular formula is C15H22N2O. The molecule has 0 saturated carbocycles. The SMILES string of the molecule is Cc1ccc(C(=O)N2CCNCC2C(C)C)cc1. The zero-order chi connectivity index (χ0) is 13.1. The van der Waals surface area contributed by atoms with Crippen LogP contribution >= 0.6 is 0 Å². The van der Waals surface area contributed by atoms with Gasteiger partial charge < -0.3 is 10.2 Å². The van der Waals surface area contributed by atoms with Gasteiger partial charge in [-0.25, -0.2) is 0 Å². The number of carbonyl (C=O) groups is 1. The molecule has 18 heavy (non-hydrogen) atoms. The van der Waals surface area contributed by atoms with Gasteiger partial charge in [0.25, 0.3) is 5.91 Å². The van der Waals surface area contributed by atoms with Crippen LogP contribution in [0.25, 0.3) is 0 Å². The number of aryl methyl sites for hydroxylation is 1. The van der Waals surface area contributed by atoms with Gasteiger partial charge in [0.15, 0.2) is 0 Å². The lowest BCUT2D eigenvalue weighted by molar-refractivity contribution is 0.0573. The van der Waals surface area contributed by atoms with Crippen LogP contribution in [0.5, 0.6) is 0 Å². The molecule has 1 aliphatic heterocycles. The molecule has 0 radical (unpaired) electrons. The highest BCUT2D eigenvalue weighted by Crippen LogP contribution is 2.16. The first-order chi connectivity index (χ1) is 8.59. The van der Waals surface area contributed by atoms with Gasteiger partial charge in [0.1, 0.15) is 0 Å². The lowest BCUT2D eigenvalue weighted by Crippen LogP contribution is -2.55. The summed E-state index contributed by atoms with van der Waals surface area (Å²) in [7, 11) is 0. The molecular weight excluding hydrogens is 224 g/mol. The van der Waals surface area contributed by atoms with Gasteiger partial charge in [0, 0.05) is 31.2 Å². The van der Waals surface area contributed by atoms with Gasteiger partial charge in [-0.05, 0) is 25.0 Å². The molecule has 1 saturated heterocycles. The Kier molecular flexibility index (Phi) is 4.02. The van der Waals surface area contributed by atoms with E-state index >= 15 is 0 Å². The molecule has 0 aliphatic carbocycles. The van der Waals surface area contributed by atoms with Crippen molar-refractivity contribution in [3.63, 3.8) is 0 Å². The van der Waals surface area contributed by atoms with E-state index in [0.717, 1.165) is 25.2 Å². The second kappa shape index (κ2) is 5.53. The molecule has 1 aromatic carbocycles. The van der Waals surface area contributed by atoms with Crippen LogP contribution in [0.1, 0.15) is 29.8 Å². The summed E-state index contributed by atoms with van der Waals surface area (Å²) >= 11 is 0.